The first-order chi connectivity index (χ1) is 5.75. The molecule has 1 aliphatic rings. The van der Waals surface area contributed by atoms with Gasteiger partial charge in [0.15, 0.2) is 5.82 Å². The Hall–Kier alpha value is -1.98. The first kappa shape index (κ1) is 6.71. The van der Waals surface area contributed by atoms with Gasteiger partial charge in [-0.1, -0.05) is 0 Å². The molecule has 6 heteroatoms. The number of nitrogens with one attached hydrogen (secondary N) is 2. The van der Waals surface area contributed by atoms with E-state index >= 15 is 0 Å². The van der Waals surface area contributed by atoms with E-state index in [2.05, 4.69) is 15.5 Å². The summed E-state index contributed by atoms with van der Waals surface area (Å²) < 4.78 is 0. The fraction of sp³-hybridized carbons (Fsp3) is 0. The zero-order valence-electron chi connectivity index (χ0n) is 5.87. The molecule has 2 heterocycles. The molecule has 60 valence electrons. The molecular weight excluding hydrogens is 160 g/mol. The molecule has 2 rings (SSSR count). The molecule has 1 aliphatic heterocycles. The molecule has 2 N–H and O–H groups in total. The summed E-state index contributed by atoms with van der Waals surface area (Å²) in [6.45, 7) is 0. The van der Waals surface area contributed by atoms with Gasteiger partial charge in [-0.05, 0) is 6.07 Å². The highest BCUT2D eigenvalue weighted by Gasteiger charge is 2.03. The smallest absolute Gasteiger partial charge is 0.272 e. The van der Waals surface area contributed by atoms with Gasteiger partial charge in [0.1, 0.15) is 0 Å². The highest BCUT2D eigenvalue weighted by molar-refractivity contribution is 5.82. The molecule has 1 aromatic rings. The molecule has 0 aromatic carbocycles. The van der Waals surface area contributed by atoms with Crippen LogP contribution in [0, 0.1) is 0 Å². The number of hydrazone groups is 1. The SMILES string of the molecule is O=c1nc2cc(c(=O)[nH]1)C=NN2. The van der Waals surface area contributed by atoms with Crippen molar-refractivity contribution in [1.82, 2.24) is 9.97 Å². The van der Waals surface area contributed by atoms with Crippen molar-refractivity contribution in [3.05, 3.63) is 32.5 Å². The van der Waals surface area contributed by atoms with Gasteiger partial charge in [-0.25, -0.2) is 4.79 Å². The second-order valence-electron chi connectivity index (χ2n) is 2.23. The number of rotatable bonds is 0. The summed E-state index contributed by atoms with van der Waals surface area (Å²) in [7, 11) is 0. The van der Waals surface area contributed by atoms with Crippen LogP contribution in [0.5, 0.6) is 0 Å². The van der Waals surface area contributed by atoms with E-state index in [4.69, 9.17) is 0 Å². The number of H-pyrrole nitrogens is 1. The first-order valence-electron chi connectivity index (χ1n) is 3.20. The second kappa shape index (κ2) is 2.26. The molecule has 6 nitrogen and oxygen atoms in total. The molecule has 12 heavy (non-hydrogen) atoms. The van der Waals surface area contributed by atoms with Gasteiger partial charge in [0.25, 0.3) is 5.56 Å². The highest BCUT2D eigenvalue weighted by atomic mass is 16.2. The third-order valence-electron chi connectivity index (χ3n) is 1.38. The van der Waals surface area contributed by atoms with E-state index in [9.17, 15) is 9.59 Å². The van der Waals surface area contributed by atoms with Gasteiger partial charge in [-0.15, -0.1) is 0 Å². The number of hydrogen-bond donors (Lipinski definition) is 2. The van der Waals surface area contributed by atoms with Crippen LogP contribution in [0.1, 0.15) is 5.56 Å². The molecular formula is C6H4N4O2. The van der Waals surface area contributed by atoms with Gasteiger partial charge >= 0.3 is 5.69 Å². The maximum atomic E-state index is 11.0. The maximum Gasteiger partial charge on any atom is 0.349 e. The largest absolute Gasteiger partial charge is 0.349 e. The Morgan fingerprint density at radius 1 is 1.33 bits per heavy atom. The Morgan fingerprint density at radius 2 is 2.17 bits per heavy atom. The normalized spacial score (nSPS) is 12.3. The van der Waals surface area contributed by atoms with Gasteiger partial charge < -0.3 is 0 Å². The monoisotopic (exact) mass is 164 g/mol. The zero-order valence-corrected chi connectivity index (χ0v) is 5.87. The van der Waals surface area contributed by atoms with Crippen LogP contribution < -0.4 is 16.7 Å². The van der Waals surface area contributed by atoms with Gasteiger partial charge in [0, 0.05) is 0 Å². The summed E-state index contributed by atoms with van der Waals surface area (Å²) in [4.78, 5) is 27.4. The molecule has 0 amide bonds. The van der Waals surface area contributed by atoms with E-state index in [1.165, 1.54) is 12.3 Å². The summed E-state index contributed by atoms with van der Waals surface area (Å²) in [6.07, 6.45) is 1.33. The van der Waals surface area contributed by atoms with Gasteiger partial charge in [0.05, 0.1) is 11.8 Å². The average molecular weight is 164 g/mol. The number of nitrogens with zero attached hydrogens (tertiary/aromatic N) is 2. The first-order valence-corrected chi connectivity index (χ1v) is 3.20. The van der Waals surface area contributed by atoms with Gasteiger partial charge in [-0.2, -0.15) is 10.1 Å². The van der Waals surface area contributed by atoms with Crippen molar-refractivity contribution in [2.45, 2.75) is 0 Å². The van der Waals surface area contributed by atoms with E-state index in [1.54, 1.807) is 0 Å². The number of fused-ring (bicyclic) bond motifs is 2. The summed E-state index contributed by atoms with van der Waals surface area (Å²) in [5, 5.41) is 3.62. The second-order valence-corrected chi connectivity index (χ2v) is 2.23. The average Bonchev–Trinajstić information content (AvgIpc) is 2.11. The Morgan fingerprint density at radius 3 is 3.00 bits per heavy atom. The molecule has 0 spiro atoms. The number of anilines is 1. The van der Waals surface area contributed by atoms with Crippen LogP contribution in [0.15, 0.2) is 20.8 Å². The molecule has 0 aliphatic carbocycles. The Balaban J connectivity index is 2.92. The third-order valence-corrected chi connectivity index (χ3v) is 1.38. The molecule has 0 radical (unpaired) electrons. The molecule has 0 atom stereocenters. The van der Waals surface area contributed by atoms with Crippen LogP contribution in [0.2, 0.25) is 0 Å². The number of aromatic nitrogens is 2. The molecule has 0 unspecified atom stereocenters. The lowest BCUT2D eigenvalue weighted by molar-refractivity contribution is 1.08. The Bertz CT molecular complexity index is 462. The van der Waals surface area contributed by atoms with Crippen LogP contribution in [0.4, 0.5) is 5.82 Å². The topological polar surface area (TPSA) is 87.2 Å². The summed E-state index contributed by atoms with van der Waals surface area (Å²) in [5.41, 5.74) is 1.63. The van der Waals surface area contributed by atoms with Crippen LogP contribution in [-0.2, 0) is 0 Å². The summed E-state index contributed by atoms with van der Waals surface area (Å²) >= 11 is 0. The predicted octanol–water partition coefficient (Wildman–Crippen LogP) is -1.11. The van der Waals surface area contributed by atoms with Gasteiger partial charge in [0.2, 0.25) is 0 Å². The fourth-order valence-electron chi connectivity index (χ4n) is 0.873. The number of hydrogen-bond acceptors (Lipinski definition) is 5. The minimum atomic E-state index is -0.681. The maximum absolute atomic E-state index is 11.0. The van der Waals surface area contributed by atoms with Crippen LogP contribution in [0.3, 0.4) is 0 Å². The summed E-state index contributed by atoms with van der Waals surface area (Å²) in [6, 6.07) is 1.45. The van der Waals surface area contributed by atoms with E-state index < -0.39 is 11.2 Å². The lowest BCUT2D eigenvalue weighted by atomic mass is 10.3. The van der Waals surface area contributed by atoms with Crippen molar-refractivity contribution < 1.29 is 0 Å². The molecule has 0 saturated carbocycles. The predicted molar refractivity (Wildman–Crippen MR) is 42.3 cm³/mol. The van der Waals surface area contributed by atoms with Crippen molar-refractivity contribution in [3.8, 4) is 0 Å². The lowest BCUT2D eigenvalue weighted by Gasteiger charge is -1.98. The van der Waals surface area contributed by atoms with E-state index in [-0.39, 0.29) is 5.82 Å². The fourth-order valence-corrected chi connectivity index (χ4v) is 0.873. The zero-order chi connectivity index (χ0) is 8.55. The third kappa shape index (κ3) is 0.986. The van der Waals surface area contributed by atoms with E-state index in [1.807, 2.05) is 4.98 Å². The summed E-state index contributed by atoms with van der Waals surface area (Å²) in [5.74, 6) is 0.274. The quantitative estimate of drug-likeness (QED) is 0.509. The van der Waals surface area contributed by atoms with E-state index in [0.29, 0.717) is 5.56 Å². The van der Waals surface area contributed by atoms with Crippen molar-refractivity contribution in [2.24, 2.45) is 5.10 Å². The van der Waals surface area contributed by atoms with Crippen molar-refractivity contribution >= 4 is 12.0 Å². The van der Waals surface area contributed by atoms with E-state index in [0.717, 1.165) is 0 Å². The Kier molecular flexibility index (Phi) is 1.26. The van der Waals surface area contributed by atoms with Crippen LogP contribution in [0.25, 0.3) is 0 Å². The van der Waals surface area contributed by atoms with Gasteiger partial charge in [-0.3, -0.25) is 15.2 Å². The lowest BCUT2D eigenvalue weighted by Crippen LogP contribution is -2.17. The van der Waals surface area contributed by atoms with Crippen molar-refractivity contribution in [1.29, 1.82) is 0 Å². The van der Waals surface area contributed by atoms with Crippen molar-refractivity contribution in [2.75, 3.05) is 5.43 Å². The molecule has 0 saturated heterocycles. The minimum absolute atomic E-state index is 0.274. The number of aromatic amines is 1. The highest BCUT2D eigenvalue weighted by Crippen LogP contribution is 2.01. The van der Waals surface area contributed by atoms with Crippen molar-refractivity contribution in [3.63, 3.8) is 0 Å². The molecule has 2 bridgehead atoms. The van der Waals surface area contributed by atoms with Crippen LogP contribution >= 0.6 is 0 Å². The molecule has 1 aromatic heterocycles. The molecule has 0 fully saturated rings. The standard InChI is InChI=1S/C6H4N4O2/c11-5-3-1-4(10-7-2-3)8-6(12)9-5/h1-2H,(H2,8,9,10,11,12). The minimum Gasteiger partial charge on any atom is -0.272 e. The van der Waals surface area contributed by atoms with Crippen LogP contribution in [-0.4, -0.2) is 16.2 Å². The Labute approximate surface area is 66.0 Å².